The molecule has 5 amide bonds. The molecule has 0 saturated heterocycles. The third kappa shape index (κ3) is 8.79. The van der Waals surface area contributed by atoms with Gasteiger partial charge in [-0.25, -0.2) is 9.59 Å². The number of carbonyl (C=O) groups excluding carboxylic acids is 5. The molecule has 4 N–H and O–H groups in total. The molecule has 28 heavy (non-hydrogen) atoms. The number of nitrogens with one attached hydrogen (secondary N) is 4. The van der Waals surface area contributed by atoms with E-state index in [0.29, 0.717) is 6.54 Å². The molecule has 0 spiro atoms. The number of unbranched alkanes of at least 4 members (excludes halogenated alkanes) is 1. The zero-order chi connectivity index (χ0) is 21.1. The summed E-state index contributed by atoms with van der Waals surface area (Å²) in [6, 6.07) is 3.47. The Kier molecular flexibility index (Phi) is 9.14. The van der Waals surface area contributed by atoms with E-state index in [4.69, 9.17) is 4.74 Å². The summed E-state index contributed by atoms with van der Waals surface area (Å²) in [6.45, 7) is 4.30. The first-order chi connectivity index (χ1) is 13.2. The number of ether oxygens (including phenoxy) is 1. The van der Waals surface area contributed by atoms with Crippen LogP contribution in [-0.2, 0) is 19.1 Å². The minimum atomic E-state index is -0.861. The highest BCUT2D eigenvalue weighted by atomic mass is 16.5. The zero-order valence-corrected chi connectivity index (χ0v) is 16.0. The molecule has 1 rings (SSSR count). The van der Waals surface area contributed by atoms with Crippen molar-refractivity contribution in [2.24, 2.45) is 0 Å². The van der Waals surface area contributed by atoms with Crippen molar-refractivity contribution in [1.82, 2.24) is 10.6 Å². The van der Waals surface area contributed by atoms with Crippen molar-refractivity contribution in [3.8, 4) is 0 Å². The van der Waals surface area contributed by atoms with Crippen LogP contribution in [0.5, 0.6) is 0 Å². The Morgan fingerprint density at radius 1 is 0.929 bits per heavy atom. The molecule has 152 valence electrons. The van der Waals surface area contributed by atoms with Gasteiger partial charge in [-0.15, -0.1) is 0 Å². The van der Waals surface area contributed by atoms with Gasteiger partial charge >= 0.3 is 12.0 Å². The maximum absolute atomic E-state index is 12.2. The first kappa shape index (κ1) is 22.6. The van der Waals surface area contributed by atoms with E-state index < -0.39 is 24.5 Å². The molecular weight excluding hydrogens is 368 g/mol. The van der Waals surface area contributed by atoms with Gasteiger partial charge in [0.05, 0.1) is 5.56 Å². The van der Waals surface area contributed by atoms with E-state index in [1.165, 1.54) is 32.0 Å². The number of benzene rings is 1. The van der Waals surface area contributed by atoms with Gasteiger partial charge < -0.3 is 20.7 Å². The third-order valence-electron chi connectivity index (χ3n) is 3.21. The van der Waals surface area contributed by atoms with Crippen molar-refractivity contribution in [2.75, 3.05) is 23.8 Å². The standard InChI is InChI=1S/C18H24N4O6/c1-4-5-6-19-18(27)22-16(25)10-28-17(26)13-7-14(20-11(2)23)9-15(8-13)21-12(3)24/h7-9H,4-6,10H2,1-3H3,(H,20,23)(H,21,24)(H2,19,22,25,27). The fourth-order valence-electron chi connectivity index (χ4n) is 2.10. The number of rotatable bonds is 8. The lowest BCUT2D eigenvalue weighted by Gasteiger charge is -2.11. The lowest BCUT2D eigenvalue weighted by atomic mass is 10.1. The number of esters is 1. The molecule has 0 radical (unpaired) electrons. The van der Waals surface area contributed by atoms with Crippen LogP contribution < -0.4 is 21.3 Å². The van der Waals surface area contributed by atoms with E-state index in [2.05, 4.69) is 16.0 Å². The molecule has 1 aromatic rings. The van der Waals surface area contributed by atoms with Crippen molar-refractivity contribution >= 4 is 41.1 Å². The number of amides is 5. The van der Waals surface area contributed by atoms with Crippen LogP contribution in [0.15, 0.2) is 18.2 Å². The molecule has 0 aliphatic carbocycles. The van der Waals surface area contributed by atoms with E-state index in [-0.39, 0.29) is 28.8 Å². The number of hydrogen-bond donors (Lipinski definition) is 4. The highest BCUT2D eigenvalue weighted by Crippen LogP contribution is 2.20. The largest absolute Gasteiger partial charge is 0.452 e. The van der Waals surface area contributed by atoms with Crippen LogP contribution in [0.4, 0.5) is 16.2 Å². The minimum Gasteiger partial charge on any atom is -0.452 e. The average Bonchev–Trinajstić information content (AvgIpc) is 2.58. The number of anilines is 2. The number of carbonyl (C=O) groups is 5. The van der Waals surface area contributed by atoms with E-state index >= 15 is 0 Å². The van der Waals surface area contributed by atoms with Crippen LogP contribution in [0.25, 0.3) is 0 Å². The van der Waals surface area contributed by atoms with Gasteiger partial charge in [0.2, 0.25) is 11.8 Å². The smallest absolute Gasteiger partial charge is 0.338 e. The minimum absolute atomic E-state index is 0.00944. The van der Waals surface area contributed by atoms with Crippen LogP contribution >= 0.6 is 0 Å². The van der Waals surface area contributed by atoms with Gasteiger partial charge in [-0.3, -0.25) is 19.7 Å². The van der Waals surface area contributed by atoms with Gasteiger partial charge in [0, 0.05) is 31.8 Å². The predicted molar refractivity (Wildman–Crippen MR) is 102 cm³/mol. The van der Waals surface area contributed by atoms with Gasteiger partial charge in [0.25, 0.3) is 5.91 Å². The summed E-state index contributed by atoms with van der Waals surface area (Å²) in [5.41, 5.74) is 0.547. The van der Waals surface area contributed by atoms with E-state index in [9.17, 15) is 24.0 Å². The summed E-state index contributed by atoms with van der Waals surface area (Å²) >= 11 is 0. The fraction of sp³-hybridized carbons (Fsp3) is 0.389. The summed E-state index contributed by atoms with van der Waals surface area (Å²) in [7, 11) is 0. The van der Waals surface area contributed by atoms with Gasteiger partial charge in [-0.1, -0.05) is 13.3 Å². The topological polar surface area (TPSA) is 143 Å². The second-order valence-electron chi connectivity index (χ2n) is 5.90. The lowest BCUT2D eigenvalue weighted by Crippen LogP contribution is -2.41. The first-order valence-corrected chi connectivity index (χ1v) is 8.66. The predicted octanol–water partition coefficient (Wildman–Crippen LogP) is 1.39. The molecule has 0 aromatic heterocycles. The molecule has 0 unspecified atom stereocenters. The molecule has 0 bridgehead atoms. The Morgan fingerprint density at radius 3 is 2.00 bits per heavy atom. The Balaban J connectivity index is 2.71. The van der Waals surface area contributed by atoms with Crippen molar-refractivity contribution in [3.05, 3.63) is 23.8 Å². The maximum atomic E-state index is 12.2. The van der Waals surface area contributed by atoms with Gasteiger partial charge in [0.1, 0.15) is 0 Å². The zero-order valence-electron chi connectivity index (χ0n) is 16.0. The molecule has 0 heterocycles. The van der Waals surface area contributed by atoms with Crippen molar-refractivity contribution in [1.29, 1.82) is 0 Å². The molecular formula is C18H24N4O6. The SMILES string of the molecule is CCCCNC(=O)NC(=O)COC(=O)c1cc(NC(C)=O)cc(NC(C)=O)c1. The second-order valence-corrected chi connectivity index (χ2v) is 5.90. The summed E-state index contributed by atoms with van der Waals surface area (Å²) in [6.07, 6.45) is 1.67. The normalized spacial score (nSPS) is 9.82. The molecule has 10 nitrogen and oxygen atoms in total. The van der Waals surface area contributed by atoms with Gasteiger partial charge in [-0.2, -0.15) is 0 Å². The summed E-state index contributed by atoms with van der Waals surface area (Å²) in [4.78, 5) is 57.8. The maximum Gasteiger partial charge on any atom is 0.338 e. The molecule has 0 aliphatic rings. The van der Waals surface area contributed by atoms with E-state index in [0.717, 1.165) is 12.8 Å². The van der Waals surface area contributed by atoms with Gasteiger partial charge in [0.15, 0.2) is 6.61 Å². The molecule has 0 saturated carbocycles. The molecule has 1 aromatic carbocycles. The lowest BCUT2D eigenvalue weighted by molar-refractivity contribution is -0.123. The van der Waals surface area contributed by atoms with Crippen molar-refractivity contribution in [2.45, 2.75) is 33.6 Å². The number of imide groups is 1. The van der Waals surface area contributed by atoms with E-state index in [1.54, 1.807) is 0 Å². The first-order valence-electron chi connectivity index (χ1n) is 8.66. The van der Waals surface area contributed by atoms with E-state index in [1.807, 2.05) is 12.2 Å². The van der Waals surface area contributed by atoms with Crippen LogP contribution in [-0.4, -0.2) is 42.9 Å². The number of hydrogen-bond acceptors (Lipinski definition) is 6. The number of urea groups is 1. The van der Waals surface area contributed by atoms with Gasteiger partial charge in [-0.05, 0) is 24.6 Å². The molecule has 10 heteroatoms. The molecule has 0 aliphatic heterocycles. The highest BCUT2D eigenvalue weighted by Gasteiger charge is 2.15. The summed E-state index contributed by atoms with van der Waals surface area (Å²) in [5, 5.41) is 9.53. The Bertz CT molecular complexity index is 728. The van der Waals surface area contributed by atoms with Crippen LogP contribution in [0.3, 0.4) is 0 Å². The Labute approximate surface area is 162 Å². The van der Waals surface area contributed by atoms with Crippen LogP contribution in [0.2, 0.25) is 0 Å². The highest BCUT2D eigenvalue weighted by molar-refractivity contribution is 5.99. The van der Waals surface area contributed by atoms with Crippen molar-refractivity contribution in [3.63, 3.8) is 0 Å². The van der Waals surface area contributed by atoms with Crippen LogP contribution in [0, 0.1) is 0 Å². The average molecular weight is 392 g/mol. The third-order valence-corrected chi connectivity index (χ3v) is 3.21. The second kappa shape index (κ2) is 11.3. The van der Waals surface area contributed by atoms with Crippen LogP contribution in [0.1, 0.15) is 44.0 Å². The fourth-order valence-corrected chi connectivity index (χ4v) is 2.10. The van der Waals surface area contributed by atoms with Crippen molar-refractivity contribution < 1.29 is 28.7 Å². The molecule has 0 atom stereocenters. The summed E-state index contributed by atoms with van der Waals surface area (Å²) < 4.78 is 4.88. The monoisotopic (exact) mass is 392 g/mol. The summed E-state index contributed by atoms with van der Waals surface area (Å²) in [5.74, 6) is -2.39. The quantitative estimate of drug-likeness (QED) is 0.389. The molecule has 0 fully saturated rings. The Morgan fingerprint density at radius 2 is 1.50 bits per heavy atom. The Hall–Kier alpha value is -3.43.